The molecule has 1 aliphatic carbocycles. The average molecular weight is 285 g/mol. The van der Waals surface area contributed by atoms with Gasteiger partial charge in [0, 0.05) is 17.3 Å². The number of rotatable bonds is 4. The Morgan fingerprint density at radius 1 is 1.24 bits per heavy atom. The molecule has 1 saturated carbocycles. The van der Waals surface area contributed by atoms with Crippen LogP contribution in [0, 0.1) is 23.7 Å². The van der Waals surface area contributed by atoms with E-state index in [1.54, 1.807) is 12.3 Å². The predicted octanol–water partition coefficient (Wildman–Crippen LogP) is 4.95. The van der Waals surface area contributed by atoms with Gasteiger partial charge in [-0.15, -0.1) is 0 Å². The van der Waals surface area contributed by atoms with Crippen molar-refractivity contribution in [3.05, 3.63) is 42.1 Å². The van der Waals surface area contributed by atoms with E-state index in [0.717, 1.165) is 18.5 Å². The third-order valence-electron chi connectivity index (χ3n) is 5.81. The summed E-state index contributed by atoms with van der Waals surface area (Å²) in [4.78, 5) is 12.6. The number of allylic oxidation sites excluding steroid dienone is 1. The summed E-state index contributed by atoms with van der Waals surface area (Å²) in [5.74, 6) is 0.821. The molecule has 0 unspecified atom stereocenters. The highest BCUT2D eigenvalue weighted by atomic mass is 16.1. The summed E-state index contributed by atoms with van der Waals surface area (Å²) >= 11 is 0. The summed E-state index contributed by atoms with van der Waals surface area (Å²) in [7, 11) is 0. The molecule has 0 aromatic heterocycles. The molecule has 0 heterocycles. The SMILES string of the molecule is Cc1ccc(N/C=C\C(=O)[C@]2(C)CC[C@H](C)C2(C)C)cc1. The minimum absolute atomic E-state index is 0.0539. The maximum absolute atomic E-state index is 12.6. The normalized spacial score (nSPS) is 28.0. The van der Waals surface area contributed by atoms with Gasteiger partial charge in [-0.25, -0.2) is 0 Å². The summed E-state index contributed by atoms with van der Waals surface area (Å²) in [6.07, 6.45) is 5.60. The molecule has 0 spiro atoms. The van der Waals surface area contributed by atoms with Crippen molar-refractivity contribution in [1.82, 2.24) is 0 Å². The van der Waals surface area contributed by atoms with Crippen LogP contribution >= 0.6 is 0 Å². The molecule has 114 valence electrons. The number of carbonyl (C=O) groups excluding carboxylic acids is 1. The van der Waals surface area contributed by atoms with Crippen LogP contribution in [0.5, 0.6) is 0 Å². The van der Waals surface area contributed by atoms with Crippen LogP contribution in [0.3, 0.4) is 0 Å². The summed E-state index contributed by atoms with van der Waals surface area (Å²) in [6, 6.07) is 8.16. The number of nitrogens with one attached hydrogen (secondary N) is 1. The van der Waals surface area contributed by atoms with Crippen molar-refractivity contribution in [2.75, 3.05) is 5.32 Å². The molecule has 0 radical (unpaired) electrons. The molecule has 1 fully saturated rings. The highest BCUT2D eigenvalue weighted by Gasteiger charge is 2.52. The number of hydrogen-bond acceptors (Lipinski definition) is 2. The predicted molar refractivity (Wildman–Crippen MR) is 89.2 cm³/mol. The number of benzene rings is 1. The van der Waals surface area contributed by atoms with Gasteiger partial charge in [-0.3, -0.25) is 4.79 Å². The van der Waals surface area contributed by atoms with E-state index in [-0.39, 0.29) is 16.6 Å². The van der Waals surface area contributed by atoms with Gasteiger partial charge in [-0.2, -0.15) is 0 Å². The Morgan fingerprint density at radius 2 is 1.86 bits per heavy atom. The molecule has 21 heavy (non-hydrogen) atoms. The molecule has 0 amide bonds. The zero-order valence-electron chi connectivity index (χ0n) is 13.9. The van der Waals surface area contributed by atoms with Crippen molar-refractivity contribution in [2.24, 2.45) is 16.7 Å². The molecular formula is C19H27NO. The Hall–Kier alpha value is -1.57. The fourth-order valence-electron chi connectivity index (χ4n) is 3.22. The Bertz CT molecular complexity index is 541. The van der Waals surface area contributed by atoms with E-state index in [1.165, 1.54) is 5.56 Å². The first-order valence-electron chi connectivity index (χ1n) is 7.81. The minimum Gasteiger partial charge on any atom is -0.362 e. The monoisotopic (exact) mass is 285 g/mol. The third-order valence-corrected chi connectivity index (χ3v) is 5.81. The lowest BCUT2D eigenvalue weighted by atomic mass is 9.64. The highest BCUT2D eigenvalue weighted by molar-refractivity contribution is 5.95. The van der Waals surface area contributed by atoms with Gasteiger partial charge in [0.2, 0.25) is 0 Å². The fourth-order valence-corrected chi connectivity index (χ4v) is 3.22. The van der Waals surface area contributed by atoms with Gasteiger partial charge in [0.15, 0.2) is 5.78 Å². The Labute approximate surface area is 128 Å². The average Bonchev–Trinajstić information content (AvgIpc) is 2.65. The van der Waals surface area contributed by atoms with Crippen LogP contribution < -0.4 is 5.32 Å². The smallest absolute Gasteiger partial charge is 0.163 e. The molecular weight excluding hydrogens is 258 g/mol. The molecule has 0 saturated heterocycles. The van der Waals surface area contributed by atoms with Gasteiger partial charge in [0.25, 0.3) is 0 Å². The first-order valence-corrected chi connectivity index (χ1v) is 7.81. The standard InChI is InChI=1S/C19H27NO/c1-14-6-8-16(9-7-14)20-13-11-17(21)19(5)12-10-15(2)18(19,3)4/h6-9,11,13,15,20H,10,12H2,1-5H3/b13-11-/t15-,19-/m0/s1. The third kappa shape index (κ3) is 2.90. The highest BCUT2D eigenvalue weighted by Crippen LogP contribution is 2.56. The quantitative estimate of drug-likeness (QED) is 0.793. The molecule has 2 heteroatoms. The Balaban J connectivity index is 2.04. The number of hydrogen-bond donors (Lipinski definition) is 1. The van der Waals surface area contributed by atoms with E-state index in [1.807, 2.05) is 12.1 Å². The van der Waals surface area contributed by atoms with Crippen LogP contribution in [0.15, 0.2) is 36.5 Å². The second-order valence-corrected chi connectivity index (χ2v) is 7.20. The van der Waals surface area contributed by atoms with Crippen molar-refractivity contribution in [1.29, 1.82) is 0 Å². The lowest BCUT2D eigenvalue weighted by Crippen LogP contribution is -2.39. The topological polar surface area (TPSA) is 29.1 Å². The molecule has 2 rings (SSSR count). The van der Waals surface area contributed by atoms with E-state index in [2.05, 4.69) is 52.1 Å². The van der Waals surface area contributed by atoms with Crippen molar-refractivity contribution in [3.8, 4) is 0 Å². The van der Waals surface area contributed by atoms with Crippen LogP contribution in [-0.2, 0) is 4.79 Å². The maximum atomic E-state index is 12.6. The van der Waals surface area contributed by atoms with Crippen molar-refractivity contribution >= 4 is 11.5 Å². The second-order valence-electron chi connectivity index (χ2n) is 7.20. The fraction of sp³-hybridized carbons (Fsp3) is 0.526. The van der Waals surface area contributed by atoms with E-state index < -0.39 is 0 Å². The van der Waals surface area contributed by atoms with E-state index in [9.17, 15) is 4.79 Å². The van der Waals surface area contributed by atoms with Gasteiger partial charge < -0.3 is 5.32 Å². The molecule has 0 aliphatic heterocycles. The van der Waals surface area contributed by atoms with Gasteiger partial charge in [0.05, 0.1) is 0 Å². The van der Waals surface area contributed by atoms with Crippen LogP contribution in [0.4, 0.5) is 5.69 Å². The van der Waals surface area contributed by atoms with Gasteiger partial charge in [-0.1, -0.05) is 45.4 Å². The summed E-state index contributed by atoms with van der Waals surface area (Å²) in [6.45, 7) is 10.9. The van der Waals surface area contributed by atoms with E-state index in [4.69, 9.17) is 0 Å². The van der Waals surface area contributed by atoms with Crippen LogP contribution in [-0.4, -0.2) is 5.78 Å². The molecule has 0 bridgehead atoms. The molecule has 1 aromatic carbocycles. The van der Waals surface area contributed by atoms with E-state index >= 15 is 0 Å². The zero-order valence-corrected chi connectivity index (χ0v) is 13.9. The molecule has 1 aliphatic rings. The first-order chi connectivity index (χ1) is 9.77. The summed E-state index contributed by atoms with van der Waals surface area (Å²) < 4.78 is 0. The number of carbonyl (C=O) groups is 1. The van der Waals surface area contributed by atoms with Crippen LogP contribution in [0.25, 0.3) is 0 Å². The van der Waals surface area contributed by atoms with Crippen molar-refractivity contribution in [2.45, 2.75) is 47.5 Å². The van der Waals surface area contributed by atoms with Crippen LogP contribution in [0.1, 0.15) is 46.1 Å². The number of aryl methyl sites for hydroxylation is 1. The number of anilines is 1. The van der Waals surface area contributed by atoms with Gasteiger partial charge in [0.1, 0.15) is 0 Å². The Kier molecular flexibility index (Phi) is 4.27. The van der Waals surface area contributed by atoms with Crippen LogP contribution in [0.2, 0.25) is 0 Å². The summed E-state index contributed by atoms with van der Waals surface area (Å²) in [5.41, 5.74) is 2.04. The molecule has 1 N–H and O–H groups in total. The zero-order chi connectivity index (χ0) is 15.7. The largest absolute Gasteiger partial charge is 0.362 e. The van der Waals surface area contributed by atoms with Gasteiger partial charge >= 0.3 is 0 Å². The van der Waals surface area contributed by atoms with Gasteiger partial charge in [-0.05, 0) is 49.3 Å². The lowest BCUT2D eigenvalue weighted by molar-refractivity contribution is -0.128. The molecule has 1 aromatic rings. The van der Waals surface area contributed by atoms with E-state index in [0.29, 0.717) is 5.92 Å². The van der Waals surface area contributed by atoms with Crippen molar-refractivity contribution in [3.63, 3.8) is 0 Å². The lowest BCUT2D eigenvalue weighted by Gasteiger charge is -2.39. The minimum atomic E-state index is -0.252. The Morgan fingerprint density at radius 3 is 2.38 bits per heavy atom. The molecule has 2 atom stereocenters. The second kappa shape index (κ2) is 5.67. The molecule has 2 nitrogen and oxygen atoms in total. The maximum Gasteiger partial charge on any atom is 0.163 e. The first kappa shape index (κ1) is 15.8. The summed E-state index contributed by atoms with van der Waals surface area (Å²) in [5, 5.41) is 3.18. The van der Waals surface area contributed by atoms with Crippen molar-refractivity contribution < 1.29 is 4.79 Å². The number of ketones is 1.